The van der Waals surface area contributed by atoms with E-state index in [4.69, 9.17) is 4.74 Å². The van der Waals surface area contributed by atoms with Crippen LogP contribution in [0.15, 0.2) is 0 Å². The third kappa shape index (κ3) is 1.50. The molecular weight excluding hydrogens is 128 g/mol. The van der Waals surface area contributed by atoms with Crippen molar-refractivity contribution in [2.75, 3.05) is 7.11 Å². The Morgan fingerprint density at radius 3 is 2.20 bits per heavy atom. The topological polar surface area (TPSA) is 29.5 Å². The number of ether oxygens (including phenoxy) is 1. The standard InChI is InChI=1S/C8H16O2/c1-6(9)8(10-2)7-4-3-5-7/h6-9H,3-5H2,1-2H3. The Bertz CT molecular complexity index is 97.4. The van der Waals surface area contributed by atoms with Gasteiger partial charge in [0, 0.05) is 7.11 Å². The van der Waals surface area contributed by atoms with E-state index in [0.717, 1.165) is 0 Å². The van der Waals surface area contributed by atoms with Gasteiger partial charge in [0.1, 0.15) is 0 Å². The number of aliphatic hydroxyl groups is 1. The molecule has 0 bridgehead atoms. The van der Waals surface area contributed by atoms with Crippen LogP contribution in [0.1, 0.15) is 26.2 Å². The van der Waals surface area contributed by atoms with Gasteiger partial charge in [-0.05, 0) is 25.7 Å². The second kappa shape index (κ2) is 3.35. The van der Waals surface area contributed by atoms with E-state index >= 15 is 0 Å². The number of hydrogen-bond donors (Lipinski definition) is 1. The van der Waals surface area contributed by atoms with Crippen molar-refractivity contribution < 1.29 is 9.84 Å². The first-order chi connectivity index (χ1) is 4.75. The van der Waals surface area contributed by atoms with Crippen LogP contribution in [0, 0.1) is 5.92 Å². The molecule has 0 spiro atoms. The molecule has 2 nitrogen and oxygen atoms in total. The first-order valence-corrected chi connectivity index (χ1v) is 3.96. The first kappa shape index (κ1) is 8.02. The summed E-state index contributed by atoms with van der Waals surface area (Å²) < 4.78 is 5.17. The molecule has 1 fully saturated rings. The van der Waals surface area contributed by atoms with Gasteiger partial charge in [-0.2, -0.15) is 0 Å². The van der Waals surface area contributed by atoms with Gasteiger partial charge in [0.05, 0.1) is 12.2 Å². The Kier molecular flexibility index (Phi) is 2.69. The molecule has 0 heterocycles. The maximum absolute atomic E-state index is 9.22. The molecule has 1 aliphatic carbocycles. The van der Waals surface area contributed by atoms with E-state index in [2.05, 4.69) is 0 Å². The van der Waals surface area contributed by atoms with Crippen LogP contribution < -0.4 is 0 Å². The summed E-state index contributed by atoms with van der Waals surface area (Å²) in [5.41, 5.74) is 0. The van der Waals surface area contributed by atoms with Crippen molar-refractivity contribution in [1.29, 1.82) is 0 Å². The van der Waals surface area contributed by atoms with Crippen molar-refractivity contribution in [3.63, 3.8) is 0 Å². The van der Waals surface area contributed by atoms with Gasteiger partial charge in [-0.1, -0.05) is 6.42 Å². The van der Waals surface area contributed by atoms with Crippen molar-refractivity contribution >= 4 is 0 Å². The lowest BCUT2D eigenvalue weighted by Crippen LogP contribution is -2.36. The predicted molar refractivity (Wildman–Crippen MR) is 39.8 cm³/mol. The largest absolute Gasteiger partial charge is 0.391 e. The minimum atomic E-state index is -0.310. The highest BCUT2D eigenvalue weighted by Crippen LogP contribution is 2.32. The second-order valence-electron chi connectivity index (χ2n) is 3.13. The van der Waals surface area contributed by atoms with Crippen LogP contribution >= 0.6 is 0 Å². The average Bonchev–Trinajstić information content (AvgIpc) is 1.76. The molecule has 1 N–H and O–H groups in total. The Morgan fingerprint density at radius 1 is 1.50 bits per heavy atom. The fraction of sp³-hybridized carbons (Fsp3) is 1.00. The van der Waals surface area contributed by atoms with Gasteiger partial charge < -0.3 is 9.84 Å². The molecule has 1 saturated carbocycles. The third-order valence-corrected chi connectivity index (χ3v) is 2.36. The molecule has 0 aliphatic heterocycles. The highest BCUT2D eigenvalue weighted by atomic mass is 16.5. The molecule has 0 aromatic rings. The van der Waals surface area contributed by atoms with E-state index in [1.165, 1.54) is 19.3 Å². The highest BCUT2D eigenvalue weighted by molar-refractivity contribution is 4.80. The normalized spacial score (nSPS) is 25.5. The molecule has 0 amide bonds. The van der Waals surface area contributed by atoms with Crippen LogP contribution in [0.25, 0.3) is 0 Å². The molecule has 2 atom stereocenters. The molecule has 2 unspecified atom stereocenters. The maximum atomic E-state index is 9.22. The Morgan fingerprint density at radius 2 is 2.10 bits per heavy atom. The maximum Gasteiger partial charge on any atom is 0.0855 e. The number of aliphatic hydroxyl groups excluding tert-OH is 1. The van der Waals surface area contributed by atoms with Crippen LogP contribution in [0.2, 0.25) is 0 Å². The average molecular weight is 144 g/mol. The molecule has 0 aromatic carbocycles. The number of methoxy groups -OCH3 is 1. The van der Waals surface area contributed by atoms with Crippen LogP contribution in [0.3, 0.4) is 0 Å². The van der Waals surface area contributed by atoms with Gasteiger partial charge in [0.15, 0.2) is 0 Å². The Balaban J connectivity index is 2.31. The van der Waals surface area contributed by atoms with Gasteiger partial charge in [0.25, 0.3) is 0 Å². The van der Waals surface area contributed by atoms with E-state index in [1.807, 2.05) is 0 Å². The van der Waals surface area contributed by atoms with Crippen molar-refractivity contribution in [3.05, 3.63) is 0 Å². The Labute approximate surface area is 62.2 Å². The van der Waals surface area contributed by atoms with Gasteiger partial charge in [-0.25, -0.2) is 0 Å². The lowest BCUT2D eigenvalue weighted by atomic mass is 9.79. The summed E-state index contributed by atoms with van der Waals surface area (Å²) in [6.45, 7) is 1.80. The summed E-state index contributed by atoms with van der Waals surface area (Å²) in [6.07, 6.45) is 3.52. The quantitative estimate of drug-likeness (QED) is 0.644. The summed E-state index contributed by atoms with van der Waals surface area (Å²) in [7, 11) is 1.68. The molecule has 0 saturated heterocycles. The van der Waals surface area contributed by atoms with E-state index in [9.17, 15) is 5.11 Å². The minimum absolute atomic E-state index is 0.0775. The molecule has 1 rings (SSSR count). The van der Waals surface area contributed by atoms with E-state index in [0.29, 0.717) is 5.92 Å². The zero-order chi connectivity index (χ0) is 7.56. The number of hydrogen-bond acceptors (Lipinski definition) is 2. The van der Waals surface area contributed by atoms with Crippen LogP contribution in [-0.2, 0) is 4.74 Å². The SMILES string of the molecule is COC(C(C)O)C1CCC1. The lowest BCUT2D eigenvalue weighted by molar-refractivity contribution is -0.0577. The summed E-state index contributed by atoms with van der Waals surface area (Å²) in [6, 6.07) is 0. The lowest BCUT2D eigenvalue weighted by Gasteiger charge is -2.34. The van der Waals surface area contributed by atoms with Crippen molar-refractivity contribution in [1.82, 2.24) is 0 Å². The Hall–Kier alpha value is -0.0800. The monoisotopic (exact) mass is 144 g/mol. The predicted octanol–water partition coefficient (Wildman–Crippen LogP) is 1.18. The summed E-state index contributed by atoms with van der Waals surface area (Å²) in [5.74, 6) is 0.616. The van der Waals surface area contributed by atoms with Gasteiger partial charge >= 0.3 is 0 Å². The van der Waals surface area contributed by atoms with Crippen molar-refractivity contribution in [2.45, 2.75) is 38.4 Å². The minimum Gasteiger partial charge on any atom is -0.391 e. The summed E-state index contributed by atoms with van der Waals surface area (Å²) in [5, 5.41) is 9.22. The molecule has 10 heavy (non-hydrogen) atoms. The van der Waals surface area contributed by atoms with E-state index in [1.54, 1.807) is 14.0 Å². The van der Waals surface area contributed by atoms with Crippen LogP contribution in [0.5, 0.6) is 0 Å². The zero-order valence-electron chi connectivity index (χ0n) is 6.71. The molecule has 0 aromatic heterocycles. The second-order valence-corrected chi connectivity index (χ2v) is 3.13. The van der Waals surface area contributed by atoms with Gasteiger partial charge in [0.2, 0.25) is 0 Å². The summed E-state index contributed by atoms with van der Waals surface area (Å²) >= 11 is 0. The van der Waals surface area contributed by atoms with Crippen molar-refractivity contribution in [3.8, 4) is 0 Å². The smallest absolute Gasteiger partial charge is 0.0855 e. The van der Waals surface area contributed by atoms with E-state index < -0.39 is 0 Å². The molecule has 2 heteroatoms. The third-order valence-electron chi connectivity index (χ3n) is 2.36. The van der Waals surface area contributed by atoms with Gasteiger partial charge in [-0.15, -0.1) is 0 Å². The molecular formula is C8H16O2. The molecule has 60 valence electrons. The number of rotatable bonds is 3. The van der Waals surface area contributed by atoms with Gasteiger partial charge in [-0.3, -0.25) is 0 Å². The fourth-order valence-corrected chi connectivity index (χ4v) is 1.55. The first-order valence-electron chi connectivity index (χ1n) is 3.96. The van der Waals surface area contributed by atoms with Crippen LogP contribution in [0.4, 0.5) is 0 Å². The molecule has 1 aliphatic rings. The molecule has 0 radical (unpaired) electrons. The van der Waals surface area contributed by atoms with Crippen molar-refractivity contribution in [2.24, 2.45) is 5.92 Å². The summed E-state index contributed by atoms with van der Waals surface area (Å²) in [4.78, 5) is 0. The van der Waals surface area contributed by atoms with Crippen LogP contribution in [-0.4, -0.2) is 24.4 Å². The zero-order valence-corrected chi connectivity index (χ0v) is 6.71. The fourth-order valence-electron chi connectivity index (χ4n) is 1.55. The van der Waals surface area contributed by atoms with E-state index in [-0.39, 0.29) is 12.2 Å². The highest BCUT2D eigenvalue weighted by Gasteiger charge is 2.30.